The molecule has 1 aromatic rings. The lowest BCUT2D eigenvalue weighted by atomic mass is 10.2. The molecule has 4 heteroatoms. The van der Waals surface area contributed by atoms with Crippen LogP contribution in [-0.4, -0.2) is 28.6 Å². The fourth-order valence-electron chi connectivity index (χ4n) is 1.70. The summed E-state index contributed by atoms with van der Waals surface area (Å²) < 4.78 is 0. The number of rotatable bonds is 5. The zero-order valence-electron chi connectivity index (χ0n) is 10.4. The number of hydrogen-bond donors (Lipinski definition) is 1. The number of hydrogen-bond acceptors (Lipinski definition) is 3. The maximum Gasteiger partial charge on any atom is 0.328 e. The average molecular weight is 234 g/mol. The van der Waals surface area contributed by atoms with Gasteiger partial charge in [0.2, 0.25) is 0 Å². The van der Waals surface area contributed by atoms with Crippen molar-refractivity contribution in [3.05, 3.63) is 30.0 Å². The molecule has 0 saturated carbocycles. The zero-order chi connectivity index (χ0) is 12.8. The molecule has 0 radical (unpaired) electrons. The van der Waals surface area contributed by atoms with Gasteiger partial charge >= 0.3 is 5.97 Å². The van der Waals surface area contributed by atoms with E-state index in [-0.39, 0.29) is 0 Å². The minimum Gasteiger partial charge on any atom is -0.478 e. The van der Waals surface area contributed by atoms with E-state index in [2.05, 4.69) is 30.7 Å². The average Bonchev–Trinajstić information content (AvgIpc) is 2.28. The van der Waals surface area contributed by atoms with E-state index in [1.165, 1.54) is 0 Å². The molecule has 0 unspecified atom stereocenters. The Kier molecular flexibility index (Phi) is 4.69. The van der Waals surface area contributed by atoms with Crippen LogP contribution in [0.5, 0.6) is 0 Å². The molecule has 4 nitrogen and oxygen atoms in total. The van der Waals surface area contributed by atoms with Crippen molar-refractivity contribution in [2.45, 2.75) is 26.8 Å². The second kappa shape index (κ2) is 6.03. The first-order chi connectivity index (χ1) is 8.06. The van der Waals surface area contributed by atoms with Gasteiger partial charge in [0.1, 0.15) is 5.82 Å². The van der Waals surface area contributed by atoms with Gasteiger partial charge in [-0.2, -0.15) is 0 Å². The van der Waals surface area contributed by atoms with Gasteiger partial charge in [-0.1, -0.05) is 0 Å². The lowest BCUT2D eigenvalue weighted by Crippen LogP contribution is -2.31. The molecule has 1 rings (SSSR count). The Bertz CT molecular complexity index is 414. The van der Waals surface area contributed by atoms with Crippen LogP contribution in [0, 0.1) is 0 Å². The number of carboxylic acids is 1. The molecule has 92 valence electrons. The highest BCUT2D eigenvalue weighted by Gasteiger charge is 2.12. The highest BCUT2D eigenvalue weighted by atomic mass is 16.4. The van der Waals surface area contributed by atoms with Crippen LogP contribution < -0.4 is 4.90 Å². The number of aromatic nitrogens is 1. The van der Waals surface area contributed by atoms with Crippen molar-refractivity contribution in [1.82, 2.24) is 4.98 Å². The smallest absolute Gasteiger partial charge is 0.328 e. The molecule has 0 aromatic carbocycles. The van der Waals surface area contributed by atoms with Crippen LogP contribution in [-0.2, 0) is 4.79 Å². The van der Waals surface area contributed by atoms with Gasteiger partial charge in [0.05, 0.1) is 0 Å². The van der Waals surface area contributed by atoms with Gasteiger partial charge in [0.25, 0.3) is 0 Å². The number of carboxylic acid groups (broad SMARTS) is 1. The third-order valence-electron chi connectivity index (χ3n) is 2.46. The molecular weight excluding hydrogens is 216 g/mol. The number of carbonyl (C=O) groups is 1. The van der Waals surface area contributed by atoms with Crippen molar-refractivity contribution in [2.75, 3.05) is 11.4 Å². The van der Waals surface area contributed by atoms with Gasteiger partial charge < -0.3 is 10.0 Å². The molecular formula is C13H18N2O2. The maximum absolute atomic E-state index is 10.5. The Morgan fingerprint density at radius 2 is 2.29 bits per heavy atom. The first-order valence-electron chi connectivity index (χ1n) is 5.69. The van der Waals surface area contributed by atoms with E-state index in [9.17, 15) is 4.79 Å². The van der Waals surface area contributed by atoms with Gasteiger partial charge in [0.15, 0.2) is 0 Å². The van der Waals surface area contributed by atoms with E-state index in [1.807, 2.05) is 6.07 Å². The zero-order valence-corrected chi connectivity index (χ0v) is 10.4. The highest BCUT2D eigenvalue weighted by Crippen LogP contribution is 2.20. The molecule has 0 aliphatic heterocycles. The standard InChI is InChI=1S/C13H18N2O2/c1-4-15(10(2)3)13-11(6-5-9-14-13)7-8-12(16)17/h5-10H,4H2,1-3H3,(H,16,17)/b8-7+. The predicted octanol–water partition coefficient (Wildman–Crippen LogP) is 2.41. The minimum atomic E-state index is -0.951. The van der Waals surface area contributed by atoms with Crippen molar-refractivity contribution in [3.63, 3.8) is 0 Å². The molecule has 0 spiro atoms. The SMILES string of the molecule is CCN(c1ncccc1/C=C/C(=O)O)C(C)C. The van der Waals surface area contributed by atoms with E-state index < -0.39 is 5.97 Å². The Hall–Kier alpha value is -1.84. The van der Waals surface area contributed by atoms with E-state index in [1.54, 1.807) is 18.3 Å². The Morgan fingerprint density at radius 1 is 1.59 bits per heavy atom. The first-order valence-corrected chi connectivity index (χ1v) is 5.69. The summed E-state index contributed by atoms with van der Waals surface area (Å²) in [4.78, 5) is 17.0. The monoisotopic (exact) mass is 234 g/mol. The first kappa shape index (κ1) is 13.2. The van der Waals surface area contributed by atoms with E-state index >= 15 is 0 Å². The van der Waals surface area contributed by atoms with E-state index in [0.717, 1.165) is 24.0 Å². The molecule has 0 bridgehead atoms. The summed E-state index contributed by atoms with van der Waals surface area (Å²) in [5, 5.41) is 8.65. The van der Waals surface area contributed by atoms with Gasteiger partial charge in [-0.15, -0.1) is 0 Å². The molecule has 0 saturated heterocycles. The minimum absolute atomic E-state index is 0.326. The topological polar surface area (TPSA) is 53.4 Å². The second-order valence-electron chi connectivity index (χ2n) is 3.97. The van der Waals surface area contributed by atoms with Crippen molar-refractivity contribution >= 4 is 17.9 Å². The van der Waals surface area contributed by atoms with Crippen molar-refractivity contribution in [1.29, 1.82) is 0 Å². The van der Waals surface area contributed by atoms with Crippen molar-refractivity contribution < 1.29 is 9.90 Å². The van der Waals surface area contributed by atoms with Gasteiger partial charge in [-0.05, 0) is 39.0 Å². The maximum atomic E-state index is 10.5. The molecule has 0 amide bonds. The molecule has 1 heterocycles. The number of anilines is 1. The van der Waals surface area contributed by atoms with Gasteiger partial charge in [-0.3, -0.25) is 0 Å². The van der Waals surface area contributed by atoms with Crippen molar-refractivity contribution in [3.8, 4) is 0 Å². The quantitative estimate of drug-likeness (QED) is 0.795. The normalized spacial score (nSPS) is 11.1. The summed E-state index contributed by atoms with van der Waals surface area (Å²) in [5.74, 6) is -0.130. The Morgan fingerprint density at radius 3 is 2.82 bits per heavy atom. The van der Waals surface area contributed by atoms with Gasteiger partial charge in [0, 0.05) is 30.4 Å². The van der Waals surface area contributed by atoms with E-state index in [4.69, 9.17) is 5.11 Å². The molecule has 0 atom stereocenters. The summed E-state index contributed by atoms with van der Waals surface area (Å²) in [6.07, 6.45) is 4.43. The third-order valence-corrected chi connectivity index (χ3v) is 2.46. The molecule has 17 heavy (non-hydrogen) atoms. The van der Waals surface area contributed by atoms with E-state index in [0.29, 0.717) is 6.04 Å². The summed E-state index contributed by atoms with van der Waals surface area (Å²) in [7, 11) is 0. The van der Waals surface area contributed by atoms with Crippen LogP contribution in [0.15, 0.2) is 24.4 Å². The Labute approximate surface area is 102 Å². The third kappa shape index (κ3) is 3.59. The fourth-order valence-corrected chi connectivity index (χ4v) is 1.70. The molecule has 1 aromatic heterocycles. The summed E-state index contributed by atoms with van der Waals surface area (Å²) in [6.45, 7) is 7.06. The fraction of sp³-hybridized carbons (Fsp3) is 0.385. The highest BCUT2D eigenvalue weighted by molar-refractivity contribution is 5.86. The van der Waals surface area contributed by atoms with Crippen LogP contribution >= 0.6 is 0 Å². The van der Waals surface area contributed by atoms with Gasteiger partial charge in [-0.25, -0.2) is 9.78 Å². The lowest BCUT2D eigenvalue weighted by molar-refractivity contribution is -0.131. The number of pyridine rings is 1. The van der Waals surface area contributed by atoms with Crippen LogP contribution in [0.25, 0.3) is 6.08 Å². The molecule has 0 aliphatic carbocycles. The second-order valence-corrected chi connectivity index (χ2v) is 3.97. The Balaban J connectivity index is 3.10. The number of nitrogens with zero attached hydrogens (tertiary/aromatic N) is 2. The predicted molar refractivity (Wildman–Crippen MR) is 69.1 cm³/mol. The molecule has 0 fully saturated rings. The number of aliphatic carboxylic acids is 1. The summed E-state index contributed by atoms with van der Waals surface area (Å²) >= 11 is 0. The van der Waals surface area contributed by atoms with Crippen LogP contribution in [0.4, 0.5) is 5.82 Å². The lowest BCUT2D eigenvalue weighted by Gasteiger charge is -2.27. The molecule has 0 aliphatic rings. The van der Waals surface area contributed by atoms with Crippen LogP contribution in [0.3, 0.4) is 0 Å². The summed E-state index contributed by atoms with van der Waals surface area (Å²) in [5.41, 5.74) is 0.824. The molecule has 1 N–H and O–H groups in total. The summed E-state index contributed by atoms with van der Waals surface area (Å²) in [6, 6.07) is 4.00. The van der Waals surface area contributed by atoms with Crippen LogP contribution in [0.2, 0.25) is 0 Å². The van der Waals surface area contributed by atoms with Crippen molar-refractivity contribution in [2.24, 2.45) is 0 Å². The van der Waals surface area contributed by atoms with Crippen LogP contribution in [0.1, 0.15) is 26.3 Å². The largest absolute Gasteiger partial charge is 0.478 e.